The Bertz CT molecular complexity index is 486. The van der Waals surface area contributed by atoms with Gasteiger partial charge < -0.3 is 15.8 Å². The third-order valence-corrected chi connectivity index (χ3v) is 3.39. The molecule has 1 aromatic heterocycles. The zero-order chi connectivity index (χ0) is 14.5. The number of hydrogen-bond donors (Lipinski definition) is 2. The van der Waals surface area contributed by atoms with E-state index in [4.69, 9.17) is 10.5 Å². The second kappa shape index (κ2) is 6.51. The number of amides is 2. The maximum Gasteiger partial charge on any atom is 0.239 e. The van der Waals surface area contributed by atoms with E-state index in [9.17, 15) is 9.59 Å². The molecule has 1 fully saturated rings. The molecule has 0 spiro atoms. The van der Waals surface area contributed by atoms with Gasteiger partial charge in [-0.15, -0.1) is 0 Å². The molecule has 0 aliphatic carbocycles. The third kappa shape index (κ3) is 3.57. The molecule has 0 aromatic carbocycles. The first-order chi connectivity index (χ1) is 9.60. The van der Waals surface area contributed by atoms with Crippen molar-refractivity contribution in [3.63, 3.8) is 0 Å². The van der Waals surface area contributed by atoms with E-state index in [1.54, 1.807) is 12.3 Å². The average molecular weight is 280 g/mol. The van der Waals surface area contributed by atoms with E-state index in [0.29, 0.717) is 5.82 Å². The molecule has 110 valence electrons. The van der Waals surface area contributed by atoms with Gasteiger partial charge in [0.2, 0.25) is 11.8 Å². The Morgan fingerprint density at radius 3 is 3.10 bits per heavy atom. The normalized spacial score (nSPS) is 22.4. The summed E-state index contributed by atoms with van der Waals surface area (Å²) >= 11 is 0. The summed E-state index contributed by atoms with van der Waals surface area (Å²) in [5.41, 5.74) is 5.08. The van der Waals surface area contributed by atoms with Gasteiger partial charge >= 0.3 is 0 Å². The van der Waals surface area contributed by atoms with Gasteiger partial charge in [-0.05, 0) is 19.3 Å². The lowest BCUT2D eigenvalue weighted by Gasteiger charge is -2.29. The molecule has 2 amide bonds. The summed E-state index contributed by atoms with van der Waals surface area (Å²) in [6.07, 6.45) is 4.11. The predicted molar refractivity (Wildman–Crippen MR) is 72.8 cm³/mol. The van der Waals surface area contributed by atoms with Crippen molar-refractivity contribution in [2.45, 2.75) is 38.8 Å². The molecular weight excluding hydrogens is 260 g/mol. The average Bonchev–Trinajstić information content (AvgIpc) is 2.85. The number of primary amides is 1. The molecule has 0 saturated carbocycles. The molecule has 1 aliphatic rings. The monoisotopic (exact) mass is 280 g/mol. The van der Waals surface area contributed by atoms with Crippen molar-refractivity contribution in [2.24, 2.45) is 11.7 Å². The van der Waals surface area contributed by atoms with Crippen LogP contribution in [0.4, 0.5) is 5.82 Å². The molecule has 20 heavy (non-hydrogen) atoms. The maximum absolute atomic E-state index is 12.2. The summed E-state index contributed by atoms with van der Waals surface area (Å²) in [6, 6.07) is 1.64. The first kappa shape index (κ1) is 14.5. The Labute approximate surface area is 117 Å². The highest BCUT2D eigenvalue weighted by atomic mass is 16.5. The number of rotatable bonds is 5. The molecule has 3 N–H and O–H groups in total. The zero-order valence-corrected chi connectivity index (χ0v) is 11.5. The number of hydrogen-bond acceptors (Lipinski definition) is 4. The van der Waals surface area contributed by atoms with Crippen LogP contribution in [0.2, 0.25) is 0 Å². The minimum Gasteiger partial charge on any atom is -0.377 e. The number of nitrogens with one attached hydrogen (secondary N) is 1. The van der Waals surface area contributed by atoms with Crippen LogP contribution < -0.4 is 11.1 Å². The largest absolute Gasteiger partial charge is 0.377 e. The molecular formula is C13H20N4O3. The zero-order valence-electron chi connectivity index (χ0n) is 11.5. The summed E-state index contributed by atoms with van der Waals surface area (Å²) in [5, 5.41) is 6.85. The van der Waals surface area contributed by atoms with E-state index in [1.807, 2.05) is 6.92 Å². The molecule has 2 rings (SSSR count). The van der Waals surface area contributed by atoms with E-state index < -0.39 is 5.91 Å². The molecule has 7 nitrogen and oxygen atoms in total. The van der Waals surface area contributed by atoms with Crippen LogP contribution in [0.3, 0.4) is 0 Å². The lowest BCUT2D eigenvalue weighted by Crippen LogP contribution is -2.37. The first-order valence-corrected chi connectivity index (χ1v) is 6.84. The van der Waals surface area contributed by atoms with Crippen LogP contribution in [0.1, 0.15) is 26.2 Å². The van der Waals surface area contributed by atoms with E-state index in [1.165, 1.54) is 4.68 Å². The highest BCUT2D eigenvalue weighted by Crippen LogP contribution is 2.24. The molecule has 0 unspecified atom stereocenters. The quantitative estimate of drug-likeness (QED) is 0.821. The van der Waals surface area contributed by atoms with Crippen molar-refractivity contribution in [1.29, 1.82) is 0 Å². The number of nitrogens with zero attached hydrogens (tertiary/aromatic N) is 2. The summed E-state index contributed by atoms with van der Waals surface area (Å²) in [4.78, 5) is 23.0. The van der Waals surface area contributed by atoms with Crippen molar-refractivity contribution < 1.29 is 14.3 Å². The number of carbonyl (C=O) groups is 2. The molecule has 2 heterocycles. The minimum atomic E-state index is -0.474. The van der Waals surface area contributed by atoms with Crippen molar-refractivity contribution >= 4 is 17.6 Å². The van der Waals surface area contributed by atoms with Crippen LogP contribution in [-0.2, 0) is 20.9 Å². The Balaban J connectivity index is 1.96. The second-order valence-corrected chi connectivity index (χ2v) is 4.92. The number of aromatic nitrogens is 2. The van der Waals surface area contributed by atoms with Crippen LogP contribution in [0.15, 0.2) is 12.3 Å². The van der Waals surface area contributed by atoms with Gasteiger partial charge in [0, 0.05) is 18.9 Å². The fraction of sp³-hybridized carbons (Fsp3) is 0.615. The van der Waals surface area contributed by atoms with Gasteiger partial charge in [0.05, 0.1) is 12.0 Å². The van der Waals surface area contributed by atoms with E-state index in [-0.39, 0.29) is 24.5 Å². The molecule has 1 saturated heterocycles. The summed E-state index contributed by atoms with van der Waals surface area (Å²) in [7, 11) is 0. The number of carbonyl (C=O) groups excluding carboxylic acids is 2. The van der Waals surface area contributed by atoms with Crippen molar-refractivity contribution in [2.75, 3.05) is 11.9 Å². The summed E-state index contributed by atoms with van der Waals surface area (Å²) in [5.74, 6) is -0.273. The van der Waals surface area contributed by atoms with Gasteiger partial charge in [0.25, 0.3) is 0 Å². The van der Waals surface area contributed by atoms with Gasteiger partial charge in [-0.25, -0.2) is 0 Å². The number of nitrogens with two attached hydrogens (primary N) is 1. The van der Waals surface area contributed by atoms with Gasteiger partial charge in [-0.3, -0.25) is 14.3 Å². The smallest absolute Gasteiger partial charge is 0.239 e. The van der Waals surface area contributed by atoms with Crippen molar-refractivity contribution in [3.8, 4) is 0 Å². The fourth-order valence-corrected chi connectivity index (χ4v) is 2.44. The molecule has 7 heteroatoms. The molecule has 0 radical (unpaired) electrons. The van der Waals surface area contributed by atoms with Gasteiger partial charge in [0.15, 0.2) is 5.82 Å². The Kier molecular flexibility index (Phi) is 4.73. The van der Waals surface area contributed by atoms with E-state index in [2.05, 4.69) is 10.4 Å². The fourth-order valence-electron chi connectivity index (χ4n) is 2.44. The Morgan fingerprint density at radius 2 is 2.40 bits per heavy atom. The van der Waals surface area contributed by atoms with Gasteiger partial charge in [-0.1, -0.05) is 6.92 Å². The topological polar surface area (TPSA) is 99.2 Å². The SMILES string of the molecule is CC[C@@H]1OCCC[C@H]1C(=O)Nc1ccn(CC(N)=O)n1. The lowest BCUT2D eigenvalue weighted by atomic mass is 9.92. The van der Waals surface area contributed by atoms with Crippen LogP contribution in [0.5, 0.6) is 0 Å². The second-order valence-electron chi connectivity index (χ2n) is 4.92. The first-order valence-electron chi connectivity index (χ1n) is 6.84. The highest BCUT2D eigenvalue weighted by Gasteiger charge is 2.30. The van der Waals surface area contributed by atoms with Crippen LogP contribution in [0, 0.1) is 5.92 Å². The third-order valence-electron chi connectivity index (χ3n) is 3.39. The highest BCUT2D eigenvalue weighted by molar-refractivity contribution is 5.92. The molecule has 2 atom stereocenters. The number of ether oxygens (including phenoxy) is 1. The maximum atomic E-state index is 12.2. The van der Waals surface area contributed by atoms with Crippen molar-refractivity contribution in [1.82, 2.24) is 9.78 Å². The van der Waals surface area contributed by atoms with Crippen LogP contribution >= 0.6 is 0 Å². The predicted octanol–water partition coefficient (Wildman–Crippen LogP) is 0.512. The summed E-state index contributed by atoms with van der Waals surface area (Å²) in [6.45, 7) is 2.73. The van der Waals surface area contributed by atoms with Crippen LogP contribution in [-0.4, -0.2) is 34.3 Å². The molecule has 1 aromatic rings. The Morgan fingerprint density at radius 1 is 1.60 bits per heavy atom. The molecule has 0 bridgehead atoms. The molecule has 1 aliphatic heterocycles. The van der Waals surface area contributed by atoms with Gasteiger partial charge in [0.1, 0.15) is 6.54 Å². The standard InChI is InChI=1S/C13H20N4O3/c1-2-10-9(4-3-7-20-10)13(19)15-12-5-6-17(16-12)8-11(14)18/h5-6,9-10H,2-4,7-8H2,1H3,(H2,14,18)(H,15,16,19)/t9-,10+/m1/s1. The van der Waals surface area contributed by atoms with Crippen molar-refractivity contribution in [3.05, 3.63) is 12.3 Å². The lowest BCUT2D eigenvalue weighted by molar-refractivity contribution is -0.129. The van der Waals surface area contributed by atoms with E-state index in [0.717, 1.165) is 25.9 Å². The van der Waals surface area contributed by atoms with Gasteiger partial charge in [-0.2, -0.15) is 5.10 Å². The van der Waals surface area contributed by atoms with Crippen LogP contribution in [0.25, 0.3) is 0 Å². The minimum absolute atomic E-state index is 0.00000480. The number of anilines is 1. The van der Waals surface area contributed by atoms with E-state index >= 15 is 0 Å². The summed E-state index contributed by atoms with van der Waals surface area (Å²) < 4.78 is 7.00. The Hall–Kier alpha value is -1.89.